The number of rotatable bonds is 10. The van der Waals surface area contributed by atoms with E-state index in [1.54, 1.807) is 12.1 Å². The van der Waals surface area contributed by atoms with Crippen LogP contribution in [0.1, 0.15) is 60.5 Å². The number of para-hydroxylation sites is 1. The third-order valence-corrected chi connectivity index (χ3v) is 7.27. The van der Waals surface area contributed by atoms with Crippen molar-refractivity contribution in [3.8, 4) is 0 Å². The summed E-state index contributed by atoms with van der Waals surface area (Å²) in [4.78, 5) is 25.7. The van der Waals surface area contributed by atoms with Crippen LogP contribution >= 0.6 is 35.0 Å². The van der Waals surface area contributed by atoms with Gasteiger partial charge in [-0.1, -0.05) is 73.9 Å². The predicted molar refractivity (Wildman–Crippen MR) is 147 cm³/mol. The summed E-state index contributed by atoms with van der Waals surface area (Å²) in [6, 6.07) is 10.4. The summed E-state index contributed by atoms with van der Waals surface area (Å²) in [5.74, 6) is 0.654. The van der Waals surface area contributed by atoms with Gasteiger partial charge in [-0.25, -0.2) is 0 Å². The molecular formula is C26H31Cl2N5O2S. The molecule has 2 amide bonds. The van der Waals surface area contributed by atoms with Crippen LogP contribution in [0.25, 0.3) is 0 Å². The number of hydrogen-bond acceptors (Lipinski definition) is 5. The van der Waals surface area contributed by atoms with E-state index < -0.39 is 0 Å². The van der Waals surface area contributed by atoms with Crippen LogP contribution in [0.2, 0.25) is 10.0 Å². The van der Waals surface area contributed by atoms with Gasteiger partial charge in [0.25, 0.3) is 5.91 Å². The topological polar surface area (TPSA) is 88.9 Å². The molecule has 3 rings (SSSR count). The summed E-state index contributed by atoms with van der Waals surface area (Å²) in [7, 11) is 1.83. The van der Waals surface area contributed by atoms with Crippen molar-refractivity contribution in [2.24, 2.45) is 13.0 Å². The normalized spacial score (nSPS) is 12.0. The number of hydrogen-bond donors (Lipinski definition) is 2. The number of benzene rings is 2. The number of anilines is 1. The van der Waals surface area contributed by atoms with Crippen molar-refractivity contribution in [1.82, 2.24) is 20.1 Å². The van der Waals surface area contributed by atoms with Crippen molar-refractivity contribution < 1.29 is 9.59 Å². The molecule has 0 aliphatic rings. The molecule has 0 aliphatic heterocycles. The number of carbonyl (C=O) groups excluding carboxylic acids is 2. The van der Waals surface area contributed by atoms with Gasteiger partial charge in [0.15, 0.2) is 11.0 Å². The second-order valence-electron chi connectivity index (χ2n) is 8.98. The highest BCUT2D eigenvalue weighted by Gasteiger charge is 2.24. The first-order valence-corrected chi connectivity index (χ1v) is 13.5. The Bertz CT molecular complexity index is 1250. The van der Waals surface area contributed by atoms with Crippen molar-refractivity contribution in [3.05, 3.63) is 69.0 Å². The minimum Gasteiger partial charge on any atom is -0.342 e. The van der Waals surface area contributed by atoms with Gasteiger partial charge in [0.05, 0.1) is 22.4 Å². The van der Waals surface area contributed by atoms with Crippen LogP contribution in [0.3, 0.4) is 0 Å². The van der Waals surface area contributed by atoms with Gasteiger partial charge in [0.2, 0.25) is 5.91 Å². The maximum Gasteiger partial charge on any atom is 0.253 e. The van der Waals surface area contributed by atoms with Crippen molar-refractivity contribution in [1.29, 1.82) is 0 Å². The summed E-state index contributed by atoms with van der Waals surface area (Å²) in [6.45, 7) is 8.19. The van der Waals surface area contributed by atoms with E-state index in [1.807, 2.05) is 36.7 Å². The summed E-state index contributed by atoms with van der Waals surface area (Å²) in [6.07, 6.45) is 1.49. The van der Waals surface area contributed by atoms with Crippen molar-refractivity contribution >= 4 is 52.5 Å². The zero-order chi connectivity index (χ0) is 26.4. The van der Waals surface area contributed by atoms with Gasteiger partial charge in [-0.2, -0.15) is 0 Å². The molecule has 3 aromatic rings. The van der Waals surface area contributed by atoms with Gasteiger partial charge in [-0.3, -0.25) is 9.59 Å². The third-order valence-electron chi connectivity index (χ3n) is 5.71. The fourth-order valence-electron chi connectivity index (χ4n) is 3.87. The monoisotopic (exact) mass is 547 g/mol. The first-order chi connectivity index (χ1) is 17.1. The molecule has 36 heavy (non-hydrogen) atoms. The van der Waals surface area contributed by atoms with Crippen LogP contribution in [0.5, 0.6) is 0 Å². The Morgan fingerprint density at radius 2 is 1.89 bits per heavy atom. The lowest BCUT2D eigenvalue weighted by molar-refractivity contribution is -0.113. The average Bonchev–Trinajstić information content (AvgIpc) is 3.18. The van der Waals surface area contributed by atoms with Crippen LogP contribution in [-0.2, 0) is 18.3 Å². The Kier molecular flexibility index (Phi) is 9.82. The number of halogens is 2. The highest BCUT2D eigenvalue weighted by Crippen LogP contribution is 2.27. The first kappa shape index (κ1) is 28.0. The lowest BCUT2D eigenvalue weighted by atomic mass is 10.0. The van der Waals surface area contributed by atoms with Gasteiger partial charge >= 0.3 is 0 Å². The number of aryl methyl sites for hydroxylation is 2. The van der Waals surface area contributed by atoms with Crippen LogP contribution in [0, 0.1) is 12.8 Å². The fraction of sp³-hybridized carbons (Fsp3) is 0.385. The van der Waals surface area contributed by atoms with Crippen molar-refractivity contribution in [2.45, 2.75) is 51.7 Å². The van der Waals surface area contributed by atoms with Crippen LogP contribution in [0.15, 0.2) is 41.6 Å². The predicted octanol–water partition coefficient (Wildman–Crippen LogP) is 6.24. The number of nitrogens with zero attached hydrogens (tertiary/aromatic N) is 3. The molecule has 0 bridgehead atoms. The molecule has 1 atom stereocenters. The quantitative estimate of drug-likeness (QED) is 0.293. The van der Waals surface area contributed by atoms with E-state index >= 15 is 0 Å². The molecule has 10 heteroatoms. The van der Waals surface area contributed by atoms with E-state index in [0.29, 0.717) is 28.0 Å². The molecule has 192 valence electrons. The van der Waals surface area contributed by atoms with E-state index in [4.69, 9.17) is 23.2 Å². The highest BCUT2D eigenvalue weighted by molar-refractivity contribution is 7.99. The summed E-state index contributed by atoms with van der Waals surface area (Å²) in [5.41, 5.74) is 3.33. The zero-order valence-corrected chi connectivity index (χ0v) is 23.4. The molecular weight excluding hydrogens is 517 g/mol. The molecule has 0 radical (unpaired) electrons. The number of carbonyl (C=O) groups is 2. The lowest BCUT2D eigenvalue weighted by Crippen LogP contribution is -2.31. The standard InChI is InChI=1S/C26H31Cl2N5O2S/c1-6-17-9-7-8-16(4)23(17)30-22(34)14-36-26-32-31-24(33(26)5)21(12-15(2)3)29-25(35)19-11-10-18(27)13-20(19)28/h7-11,13,15,21H,6,12,14H2,1-5H3,(H,29,35)(H,30,34)/t21-/m0/s1. The van der Waals surface area contributed by atoms with Gasteiger partial charge in [-0.15, -0.1) is 10.2 Å². The second-order valence-corrected chi connectivity index (χ2v) is 10.8. The van der Waals surface area contributed by atoms with Crippen LogP contribution in [0.4, 0.5) is 5.69 Å². The van der Waals surface area contributed by atoms with Crippen molar-refractivity contribution in [3.63, 3.8) is 0 Å². The molecule has 2 N–H and O–H groups in total. The molecule has 0 unspecified atom stereocenters. The Hall–Kier alpha value is -2.55. The molecule has 7 nitrogen and oxygen atoms in total. The Morgan fingerprint density at radius 1 is 1.14 bits per heavy atom. The summed E-state index contributed by atoms with van der Waals surface area (Å²) in [5, 5.41) is 16.0. The average molecular weight is 549 g/mol. The van der Waals surface area contributed by atoms with E-state index in [2.05, 4.69) is 41.6 Å². The molecule has 2 aromatic carbocycles. The van der Waals surface area contributed by atoms with Gasteiger partial charge < -0.3 is 15.2 Å². The SMILES string of the molecule is CCc1cccc(C)c1NC(=O)CSc1nnc([C@H](CC(C)C)NC(=O)c2ccc(Cl)cc2Cl)n1C. The van der Waals surface area contributed by atoms with Crippen LogP contribution < -0.4 is 10.6 Å². The molecule has 1 heterocycles. The largest absolute Gasteiger partial charge is 0.342 e. The number of thioether (sulfide) groups is 1. The van der Waals surface area contributed by atoms with E-state index in [9.17, 15) is 9.59 Å². The lowest BCUT2D eigenvalue weighted by Gasteiger charge is -2.20. The third kappa shape index (κ3) is 7.02. The minimum atomic E-state index is -0.385. The van der Waals surface area contributed by atoms with Gasteiger partial charge in [-0.05, 0) is 55.0 Å². The van der Waals surface area contributed by atoms with E-state index in [1.165, 1.54) is 17.8 Å². The molecule has 0 saturated carbocycles. The van der Waals surface area contributed by atoms with E-state index in [0.717, 1.165) is 23.2 Å². The highest BCUT2D eigenvalue weighted by atomic mass is 35.5. The second kappa shape index (κ2) is 12.6. The number of amides is 2. The molecule has 0 fully saturated rings. The van der Waals surface area contributed by atoms with Crippen molar-refractivity contribution in [2.75, 3.05) is 11.1 Å². The van der Waals surface area contributed by atoms with Gasteiger partial charge in [0.1, 0.15) is 0 Å². The summed E-state index contributed by atoms with van der Waals surface area (Å²) >= 11 is 13.5. The maximum atomic E-state index is 13.0. The molecule has 0 saturated heterocycles. The molecule has 1 aromatic heterocycles. The smallest absolute Gasteiger partial charge is 0.253 e. The number of aromatic nitrogens is 3. The van der Waals surface area contributed by atoms with Gasteiger partial charge in [0, 0.05) is 17.8 Å². The Labute approximate surface area is 226 Å². The number of nitrogens with one attached hydrogen (secondary N) is 2. The Balaban J connectivity index is 1.72. The minimum absolute atomic E-state index is 0.113. The molecule has 0 spiro atoms. The summed E-state index contributed by atoms with van der Waals surface area (Å²) < 4.78 is 1.82. The Morgan fingerprint density at radius 3 is 2.56 bits per heavy atom. The first-order valence-electron chi connectivity index (χ1n) is 11.8. The van der Waals surface area contributed by atoms with Crippen LogP contribution in [-0.4, -0.2) is 32.3 Å². The molecule has 0 aliphatic carbocycles. The van der Waals surface area contributed by atoms with E-state index in [-0.39, 0.29) is 34.5 Å². The maximum absolute atomic E-state index is 13.0. The fourth-order valence-corrected chi connectivity index (χ4v) is 5.09. The zero-order valence-electron chi connectivity index (χ0n) is 21.1.